The lowest BCUT2D eigenvalue weighted by molar-refractivity contribution is 0.768. The average Bonchev–Trinajstić information content (AvgIpc) is 3.28. The zero-order chi connectivity index (χ0) is 17.2. The van der Waals surface area contributed by atoms with Gasteiger partial charge in [-0.05, 0) is 28.6 Å². The Labute approximate surface area is 150 Å². The van der Waals surface area contributed by atoms with Crippen molar-refractivity contribution in [2.75, 3.05) is 5.32 Å². The summed E-state index contributed by atoms with van der Waals surface area (Å²) in [5, 5.41) is 10.9. The van der Waals surface area contributed by atoms with Gasteiger partial charge in [0, 0.05) is 31.8 Å². The number of thiophene rings is 1. The molecule has 1 aromatic carbocycles. The van der Waals surface area contributed by atoms with Gasteiger partial charge in [-0.2, -0.15) is 5.10 Å². The van der Waals surface area contributed by atoms with E-state index in [1.807, 2.05) is 24.1 Å². The number of nitrogens with one attached hydrogen (secondary N) is 1. The third-order valence-corrected chi connectivity index (χ3v) is 4.92. The number of hydrogen-bond acceptors (Lipinski definition) is 5. The van der Waals surface area contributed by atoms with Crippen molar-refractivity contribution in [1.29, 1.82) is 0 Å². The van der Waals surface area contributed by atoms with E-state index < -0.39 is 0 Å². The minimum absolute atomic E-state index is 0.721. The van der Waals surface area contributed by atoms with Crippen LogP contribution in [0, 0.1) is 0 Å². The fourth-order valence-corrected chi connectivity index (χ4v) is 3.59. The van der Waals surface area contributed by atoms with E-state index in [4.69, 9.17) is 0 Å². The first-order chi connectivity index (χ1) is 12.2. The molecular formula is C19H19N5S. The number of rotatable bonds is 5. The molecule has 4 aromatic rings. The van der Waals surface area contributed by atoms with E-state index in [1.54, 1.807) is 11.3 Å². The predicted octanol–water partition coefficient (Wildman–Crippen LogP) is 4.27. The molecule has 0 saturated heterocycles. The van der Waals surface area contributed by atoms with Gasteiger partial charge in [0.2, 0.25) is 0 Å². The average molecular weight is 349 g/mol. The van der Waals surface area contributed by atoms with Crippen molar-refractivity contribution in [3.63, 3.8) is 0 Å². The lowest BCUT2D eigenvalue weighted by atomic mass is 10.1. The molecule has 3 aromatic heterocycles. The fourth-order valence-electron chi connectivity index (χ4n) is 2.81. The van der Waals surface area contributed by atoms with E-state index in [9.17, 15) is 0 Å². The molecule has 0 bridgehead atoms. The molecule has 0 aliphatic rings. The Hall–Kier alpha value is -2.73. The van der Waals surface area contributed by atoms with Gasteiger partial charge in [0.15, 0.2) is 0 Å². The first kappa shape index (κ1) is 15.8. The van der Waals surface area contributed by atoms with E-state index >= 15 is 0 Å². The van der Waals surface area contributed by atoms with Gasteiger partial charge in [-0.1, -0.05) is 25.1 Å². The molecule has 3 heterocycles. The molecule has 0 spiro atoms. The van der Waals surface area contributed by atoms with Crippen molar-refractivity contribution < 1.29 is 0 Å². The smallest absolute Gasteiger partial charge is 0.138 e. The van der Waals surface area contributed by atoms with Crippen molar-refractivity contribution in [3.8, 4) is 11.1 Å². The zero-order valence-corrected chi connectivity index (χ0v) is 15.0. The molecule has 0 fully saturated rings. The van der Waals surface area contributed by atoms with E-state index in [1.165, 1.54) is 11.1 Å². The van der Waals surface area contributed by atoms with E-state index in [-0.39, 0.29) is 0 Å². The molecule has 0 atom stereocenters. The van der Waals surface area contributed by atoms with E-state index in [0.29, 0.717) is 0 Å². The topological polar surface area (TPSA) is 55.6 Å². The highest BCUT2D eigenvalue weighted by atomic mass is 32.1. The molecule has 5 nitrogen and oxygen atoms in total. The van der Waals surface area contributed by atoms with Crippen LogP contribution in [-0.4, -0.2) is 19.7 Å². The Kier molecular flexibility index (Phi) is 4.19. The van der Waals surface area contributed by atoms with Crippen LogP contribution in [0.25, 0.3) is 21.3 Å². The minimum Gasteiger partial charge on any atom is -0.365 e. The van der Waals surface area contributed by atoms with E-state index in [2.05, 4.69) is 63.0 Å². The maximum Gasteiger partial charge on any atom is 0.138 e. The minimum atomic E-state index is 0.721. The van der Waals surface area contributed by atoms with Gasteiger partial charge in [-0.25, -0.2) is 9.97 Å². The molecule has 0 aliphatic heterocycles. The first-order valence-electron chi connectivity index (χ1n) is 8.29. The zero-order valence-electron chi connectivity index (χ0n) is 14.2. The second kappa shape index (κ2) is 6.64. The maximum atomic E-state index is 4.66. The third-order valence-electron chi connectivity index (χ3n) is 4.11. The van der Waals surface area contributed by atoms with E-state index in [0.717, 1.165) is 40.4 Å². The summed E-state index contributed by atoms with van der Waals surface area (Å²) in [6.45, 7) is 2.80. The second-order valence-corrected chi connectivity index (χ2v) is 6.83. The number of anilines is 1. The van der Waals surface area contributed by atoms with Gasteiger partial charge in [0.25, 0.3) is 0 Å². The molecule has 0 saturated carbocycles. The van der Waals surface area contributed by atoms with Gasteiger partial charge in [0.05, 0.1) is 11.6 Å². The van der Waals surface area contributed by atoms with Crippen molar-refractivity contribution in [2.45, 2.75) is 19.9 Å². The molecule has 126 valence electrons. The van der Waals surface area contributed by atoms with Gasteiger partial charge >= 0.3 is 0 Å². The fraction of sp³-hybridized carbons (Fsp3) is 0.211. The van der Waals surface area contributed by atoms with Crippen LogP contribution in [0.3, 0.4) is 0 Å². The summed E-state index contributed by atoms with van der Waals surface area (Å²) in [6.07, 6.45) is 4.75. The van der Waals surface area contributed by atoms with Gasteiger partial charge in [-0.15, -0.1) is 11.3 Å². The van der Waals surface area contributed by atoms with Crippen molar-refractivity contribution >= 4 is 27.4 Å². The molecule has 0 amide bonds. The highest BCUT2D eigenvalue weighted by Gasteiger charge is 2.08. The molecule has 6 heteroatoms. The largest absolute Gasteiger partial charge is 0.365 e. The highest BCUT2D eigenvalue weighted by molar-refractivity contribution is 7.16. The third kappa shape index (κ3) is 3.25. The Balaban J connectivity index is 1.58. The Morgan fingerprint density at radius 1 is 1.16 bits per heavy atom. The predicted molar refractivity (Wildman–Crippen MR) is 103 cm³/mol. The number of benzene rings is 1. The van der Waals surface area contributed by atoms with Crippen LogP contribution in [0.1, 0.15) is 18.3 Å². The maximum absolute atomic E-state index is 4.66. The van der Waals surface area contributed by atoms with Crippen LogP contribution in [0.5, 0.6) is 0 Å². The Bertz CT molecular complexity index is 1020. The SMILES string of the molecule is CCc1nc(NCc2cccc(-c3cnn(C)c3)c2)c2ccsc2n1. The summed E-state index contributed by atoms with van der Waals surface area (Å²) in [7, 11) is 1.93. The summed E-state index contributed by atoms with van der Waals surface area (Å²) in [5.74, 6) is 1.79. The van der Waals surface area contributed by atoms with Crippen molar-refractivity contribution in [1.82, 2.24) is 19.7 Å². The van der Waals surface area contributed by atoms with Crippen LogP contribution in [-0.2, 0) is 20.0 Å². The summed E-state index contributed by atoms with van der Waals surface area (Å²) >= 11 is 1.65. The molecule has 4 rings (SSSR count). The number of nitrogens with zero attached hydrogens (tertiary/aromatic N) is 4. The van der Waals surface area contributed by atoms with Gasteiger partial charge in [0.1, 0.15) is 16.5 Å². The van der Waals surface area contributed by atoms with Crippen LogP contribution in [0.4, 0.5) is 5.82 Å². The standard InChI is InChI=1S/C19H19N5S/c1-3-17-22-18(16-7-8-25-19(16)23-17)20-10-13-5-4-6-14(9-13)15-11-21-24(2)12-15/h4-9,11-12H,3,10H2,1-2H3,(H,20,22,23). The van der Waals surface area contributed by atoms with Gasteiger partial charge < -0.3 is 5.32 Å². The molecule has 0 aliphatic carbocycles. The monoisotopic (exact) mass is 349 g/mol. The Morgan fingerprint density at radius 2 is 2.08 bits per heavy atom. The van der Waals surface area contributed by atoms with Crippen LogP contribution in [0.15, 0.2) is 48.1 Å². The summed E-state index contributed by atoms with van der Waals surface area (Å²) < 4.78 is 1.82. The van der Waals surface area contributed by atoms with Crippen molar-refractivity contribution in [3.05, 3.63) is 59.5 Å². The lowest BCUT2D eigenvalue weighted by Crippen LogP contribution is -2.04. The van der Waals surface area contributed by atoms with Crippen LogP contribution >= 0.6 is 11.3 Å². The van der Waals surface area contributed by atoms with Crippen LogP contribution < -0.4 is 5.32 Å². The van der Waals surface area contributed by atoms with Crippen LogP contribution in [0.2, 0.25) is 0 Å². The molecule has 25 heavy (non-hydrogen) atoms. The normalized spacial score (nSPS) is 11.1. The first-order valence-corrected chi connectivity index (χ1v) is 9.17. The second-order valence-electron chi connectivity index (χ2n) is 5.94. The van der Waals surface area contributed by atoms with Gasteiger partial charge in [-0.3, -0.25) is 4.68 Å². The quantitative estimate of drug-likeness (QED) is 0.585. The molecular weight excluding hydrogens is 330 g/mol. The van der Waals surface area contributed by atoms with Crippen molar-refractivity contribution in [2.24, 2.45) is 7.05 Å². The molecule has 0 unspecified atom stereocenters. The summed E-state index contributed by atoms with van der Waals surface area (Å²) in [6, 6.07) is 10.6. The lowest BCUT2D eigenvalue weighted by Gasteiger charge is -2.09. The molecule has 1 N–H and O–H groups in total. The summed E-state index contributed by atoms with van der Waals surface area (Å²) in [5.41, 5.74) is 3.51. The molecule has 0 radical (unpaired) electrons. The number of aryl methyl sites for hydroxylation is 2. The number of aromatic nitrogens is 4. The Morgan fingerprint density at radius 3 is 2.88 bits per heavy atom. The number of fused-ring (bicyclic) bond motifs is 1. The highest BCUT2D eigenvalue weighted by Crippen LogP contribution is 2.26. The summed E-state index contributed by atoms with van der Waals surface area (Å²) in [4.78, 5) is 10.3. The number of hydrogen-bond donors (Lipinski definition) is 1.